The number of hydrogen-bond donors (Lipinski definition) is 1. The number of amides is 2. The SMILES string of the molecule is O=C(NC(Cc1ccccc1)C(=O)N1CCCC1)C(=O)c1ccccc1. The van der Waals surface area contributed by atoms with Crippen molar-refractivity contribution < 1.29 is 14.4 Å². The molecule has 134 valence electrons. The molecule has 0 aliphatic carbocycles. The summed E-state index contributed by atoms with van der Waals surface area (Å²) >= 11 is 0. The molecule has 0 radical (unpaired) electrons. The van der Waals surface area contributed by atoms with Crippen LogP contribution in [0, 0.1) is 0 Å². The molecule has 0 aromatic heterocycles. The second-order valence-electron chi connectivity index (χ2n) is 6.44. The summed E-state index contributed by atoms with van der Waals surface area (Å²) in [4.78, 5) is 39.4. The highest BCUT2D eigenvalue weighted by Gasteiger charge is 2.29. The first kappa shape index (κ1) is 17.9. The molecule has 26 heavy (non-hydrogen) atoms. The Morgan fingerprint density at radius 2 is 1.46 bits per heavy atom. The molecular weight excluding hydrogens is 328 g/mol. The molecule has 2 aromatic rings. The fourth-order valence-electron chi connectivity index (χ4n) is 3.15. The van der Waals surface area contributed by atoms with E-state index >= 15 is 0 Å². The Morgan fingerprint density at radius 3 is 2.08 bits per heavy atom. The second-order valence-corrected chi connectivity index (χ2v) is 6.44. The lowest BCUT2D eigenvalue weighted by atomic mass is 10.0. The van der Waals surface area contributed by atoms with Crippen molar-refractivity contribution >= 4 is 17.6 Å². The summed E-state index contributed by atoms with van der Waals surface area (Å²) in [6.45, 7) is 1.40. The molecule has 5 heteroatoms. The van der Waals surface area contributed by atoms with Gasteiger partial charge < -0.3 is 10.2 Å². The van der Waals surface area contributed by atoms with Crippen molar-refractivity contribution in [1.29, 1.82) is 0 Å². The highest BCUT2D eigenvalue weighted by atomic mass is 16.2. The van der Waals surface area contributed by atoms with Crippen LogP contribution in [0.5, 0.6) is 0 Å². The lowest BCUT2D eigenvalue weighted by molar-refractivity contribution is -0.134. The Labute approximate surface area is 153 Å². The predicted molar refractivity (Wildman–Crippen MR) is 98.7 cm³/mol. The molecule has 1 aliphatic heterocycles. The van der Waals surface area contributed by atoms with Gasteiger partial charge >= 0.3 is 0 Å². The number of benzene rings is 2. The molecule has 1 heterocycles. The summed E-state index contributed by atoms with van der Waals surface area (Å²) in [5, 5.41) is 2.66. The van der Waals surface area contributed by atoms with Crippen LogP contribution in [0.3, 0.4) is 0 Å². The van der Waals surface area contributed by atoms with E-state index in [-0.39, 0.29) is 5.91 Å². The van der Waals surface area contributed by atoms with Gasteiger partial charge in [0.05, 0.1) is 0 Å². The third kappa shape index (κ3) is 4.36. The van der Waals surface area contributed by atoms with Gasteiger partial charge in [-0.3, -0.25) is 14.4 Å². The Balaban J connectivity index is 1.75. The molecule has 1 atom stereocenters. The maximum atomic E-state index is 12.8. The van der Waals surface area contributed by atoms with Crippen LogP contribution in [0.15, 0.2) is 60.7 Å². The van der Waals surface area contributed by atoms with Gasteiger partial charge in [0, 0.05) is 25.1 Å². The van der Waals surface area contributed by atoms with Gasteiger partial charge in [-0.2, -0.15) is 0 Å². The van der Waals surface area contributed by atoms with Gasteiger partial charge in [-0.05, 0) is 18.4 Å². The topological polar surface area (TPSA) is 66.5 Å². The number of Topliss-reactive ketones (excluding diaryl/α,β-unsaturated/α-hetero) is 1. The Kier molecular flexibility index (Phi) is 5.79. The van der Waals surface area contributed by atoms with E-state index in [4.69, 9.17) is 0 Å². The zero-order valence-electron chi connectivity index (χ0n) is 14.6. The molecule has 1 saturated heterocycles. The highest BCUT2D eigenvalue weighted by molar-refractivity contribution is 6.43. The van der Waals surface area contributed by atoms with Gasteiger partial charge in [-0.25, -0.2) is 0 Å². The summed E-state index contributed by atoms with van der Waals surface area (Å²) in [6, 6.07) is 17.2. The van der Waals surface area contributed by atoms with E-state index < -0.39 is 17.7 Å². The lowest BCUT2D eigenvalue weighted by Gasteiger charge is -2.24. The van der Waals surface area contributed by atoms with Crippen LogP contribution in [0.1, 0.15) is 28.8 Å². The molecule has 5 nitrogen and oxygen atoms in total. The van der Waals surface area contributed by atoms with E-state index in [9.17, 15) is 14.4 Å². The molecule has 2 aromatic carbocycles. The van der Waals surface area contributed by atoms with Crippen LogP contribution < -0.4 is 5.32 Å². The first-order valence-corrected chi connectivity index (χ1v) is 8.88. The smallest absolute Gasteiger partial charge is 0.293 e. The van der Waals surface area contributed by atoms with E-state index in [1.165, 1.54) is 0 Å². The van der Waals surface area contributed by atoms with Crippen molar-refractivity contribution in [2.45, 2.75) is 25.3 Å². The summed E-state index contributed by atoms with van der Waals surface area (Å²) in [5.74, 6) is -1.50. The molecule has 3 rings (SSSR count). The van der Waals surface area contributed by atoms with E-state index in [0.29, 0.717) is 25.1 Å². The minimum atomic E-state index is -0.746. The van der Waals surface area contributed by atoms with E-state index in [2.05, 4.69) is 5.32 Å². The Morgan fingerprint density at radius 1 is 0.885 bits per heavy atom. The number of carbonyl (C=O) groups is 3. The fourth-order valence-corrected chi connectivity index (χ4v) is 3.15. The van der Waals surface area contributed by atoms with Crippen molar-refractivity contribution in [3.05, 3.63) is 71.8 Å². The first-order valence-electron chi connectivity index (χ1n) is 8.88. The van der Waals surface area contributed by atoms with Crippen molar-refractivity contribution in [1.82, 2.24) is 10.2 Å². The number of nitrogens with zero attached hydrogens (tertiary/aromatic N) is 1. The van der Waals surface area contributed by atoms with Gasteiger partial charge in [-0.1, -0.05) is 60.7 Å². The van der Waals surface area contributed by atoms with Crippen LogP contribution in [0.4, 0.5) is 0 Å². The zero-order chi connectivity index (χ0) is 18.4. The summed E-state index contributed by atoms with van der Waals surface area (Å²) in [6.07, 6.45) is 2.31. The molecule has 1 N–H and O–H groups in total. The highest BCUT2D eigenvalue weighted by Crippen LogP contribution is 2.12. The molecule has 2 amide bonds. The lowest BCUT2D eigenvalue weighted by Crippen LogP contribution is -2.50. The van der Waals surface area contributed by atoms with Gasteiger partial charge in [0.2, 0.25) is 11.7 Å². The minimum Gasteiger partial charge on any atom is -0.341 e. The van der Waals surface area contributed by atoms with Crippen molar-refractivity contribution in [2.75, 3.05) is 13.1 Å². The van der Waals surface area contributed by atoms with Crippen LogP contribution >= 0.6 is 0 Å². The number of hydrogen-bond acceptors (Lipinski definition) is 3. The summed E-state index contributed by atoms with van der Waals surface area (Å²) < 4.78 is 0. The van der Waals surface area contributed by atoms with Gasteiger partial charge in [0.1, 0.15) is 6.04 Å². The number of carbonyl (C=O) groups excluding carboxylic acids is 3. The van der Waals surface area contributed by atoms with Crippen LogP contribution in [0.25, 0.3) is 0 Å². The third-order valence-corrected chi connectivity index (χ3v) is 4.55. The molecule has 1 aliphatic rings. The van der Waals surface area contributed by atoms with Crippen LogP contribution in [-0.4, -0.2) is 41.6 Å². The average molecular weight is 350 g/mol. The van der Waals surface area contributed by atoms with Gasteiger partial charge in [-0.15, -0.1) is 0 Å². The van der Waals surface area contributed by atoms with E-state index in [0.717, 1.165) is 18.4 Å². The third-order valence-electron chi connectivity index (χ3n) is 4.55. The standard InChI is InChI=1S/C21H22N2O3/c24-19(17-11-5-2-6-12-17)20(25)22-18(15-16-9-3-1-4-10-16)21(26)23-13-7-8-14-23/h1-6,9-12,18H,7-8,13-15H2,(H,22,25). The molecule has 1 unspecified atom stereocenters. The molecule has 0 spiro atoms. The maximum absolute atomic E-state index is 12.8. The second kappa shape index (κ2) is 8.43. The van der Waals surface area contributed by atoms with Crippen molar-refractivity contribution in [3.63, 3.8) is 0 Å². The maximum Gasteiger partial charge on any atom is 0.293 e. The van der Waals surface area contributed by atoms with E-state index in [1.54, 1.807) is 35.2 Å². The predicted octanol–water partition coefficient (Wildman–Crippen LogP) is 2.22. The summed E-state index contributed by atoms with van der Waals surface area (Å²) in [7, 11) is 0. The van der Waals surface area contributed by atoms with Crippen molar-refractivity contribution in [2.24, 2.45) is 0 Å². The molecule has 0 saturated carbocycles. The zero-order valence-corrected chi connectivity index (χ0v) is 14.6. The Hall–Kier alpha value is -2.95. The van der Waals surface area contributed by atoms with Gasteiger partial charge in [0.15, 0.2) is 0 Å². The largest absolute Gasteiger partial charge is 0.341 e. The normalized spacial score (nSPS) is 14.7. The number of rotatable bonds is 6. The minimum absolute atomic E-state index is 0.124. The monoisotopic (exact) mass is 350 g/mol. The quantitative estimate of drug-likeness (QED) is 0.642. The number of likely N-dealkylation sites (tertiary alicyclic amines) is 1. The molecular formula is C21H22N2O3. The van der Waals surface area contributed by atoms with Gasteiger partial charge in [0.25, 0.3) is 5.91 Å². The average Bonchev–Trinajstić information content (AvgIpc) is 3.22. The van der Waals surface area contributed by atoms with E-state index in [1.807, 2.05) is 30.3 Å². The molecule has 1 fully saturated rings. The van der Waals surface area contributed by atoms with Crippen LogP contribution in [0.2, 0.25) is 0 Å². The van der Waals surface area contributed by atoms with Crippen LogP contribution in [-0.2, 0) is 16.0 Å². The first-order chi connectivity index (χ1) is 12.6. The number of nitrogens with one attached hydrogen (secondary N) is 1. The fraction of sp³-hybridized carbons (Fsp3) is 0.286. The number of ketones is 1. The Bertz CT molecular complexity index is 768. The molecule has 0 bridgehead atoms. The summed E-state index contributed by atoms with van der Waals surface area (Å²) in [5.41, 5.74) is 1.26. The van der Waals surface area contributed by atoms with Crippen molar-refractivity contribution in [3.8, 4) is 0 Å².